The van der Waals surface area contributed by atoms with E-state index in [9.17, 15) is 0 Å². The molecule has 0 bridgehead atoms. The van der Waals surface area contributed by atoms with Gasteiger partial charge in [0.25, 0.3) is 0 Å². The van der Waals surface area contributed by atoms with Crippen LogP contribution in [0.25, 0.3) is 0 Å². The SMILES string of the molecule is CC(C)(O)O.CCO.CO. The lowest BCUT2D eigenvalue weighted by atomic mass is 10.4. The van der Waals surface area contributed by atoms with Gasteiger partial charge in [-0.25, -0.2) is 0 Å². The minimum absolute atomic E-state index is 0.250. The van der Waals surface area contributed by atoms with Crippen LogP contribution < -0.4 is 0 Å². The van der Waals surface area contributed by atoms with Crippen molar-refractivity contribution in [3.63, 3.8) is 0 Å². The van der Waals surface area contributed by atoms with Crippen LogP contribution in [0, 0.1) is 0 Å². The van der Waals surface area contributed by atoms with Gasteiger partial charge in [0.15, 0.2) is 5.79 Å². The highest BCUT2D eigenvalue weighted by Gasteiger charge is 2.00. The number of aliphatic hydroxyl groups is 4. The van der Waals surface area contributed by atoms with Gasteiger partial charge in [-0.2, -0.15) is 0 Å². The average Bonchev–Trinajstić information content (AvgIpc) is 1.68. The maximum Gasteiger partial charge on any atom is 0.156 e. The first-order valence-electron chi connectivity index (χ1n) is 2.92. The number of hydrogen-bond donors (Lipinski definition) is 4. The van der Waals surface area contributed by atoms with Crippen molar-refractivity contribution in [1.29, 1.82) is 0 Å². The molecule has 0 heterocycles. The second-order valence-corrected chi connectivity index (χ2v) is 1.81. The molecule has 0 amide bonds. The van der Waals surface area contributed by atoms with Crippen molar-refractivity contribution < 1.29 is 20.4 Å². The third-order valence-corrected chi connectivity index (χ3v) is 0. The maximum atomic E-state index is 8.08. The molecule has 4 heteroatoms. The Morgan fingerprint density at radius 3 is 1.10 bits per heavy atom. The molecule has 4 N–H and O–H groups in total. The van der Waals surface area contributed by atoms with Gasteiger partial charge < -0.3 is 20.4 Å². The van der Waals surface area contributed by atoms with Crippen molar-refractivity contribution in [2.24, 2.45) is 0 Å². The summed E-state index contributed by atoms with van der Waals surface area (Å²) in [6.45, 7) is 4.53. The van der Waals surface area contributed by atoms with Crippen LogP contribution in [0.5, 0.6) is 0 Å². The fraction of sp³-hybridized carbons (Fsp3) is 1.00. The lowest BCUT2D eigenvalue weighted by molar-refractivity contribution is -0.127. The molecule has 0 saturated heterocycles. The fourth-order valence-electron chi connectivity index (χ4n) is 0. The van der Waals surface area contributed by atoms with Crippen LogP contribution in [-0.4, -0.2) is 39.9 Å². The van der Waals surface area contributed by atoms with Crippen molar-refractivity contribution in [3.8, 4) is 0 Å². The zero-order valence-corrected chi connectivity index (χ0v) is 7.00. The zero-order valence-electron chi connectivity index (χ0n) is 7.00. The smallest absolute Gasteiger partial charge is 0.156 e. The Morgan fingerprint density at radius 2 is 1.10 bits per heavy atom. The van der Waals surface area contributed by atoms with E-state index in [1.807, 2.05) is 0 Å². The molecule has 66 valence electrons. The molecular formula is C6H18O4. The van der Waals surface area contributed by atoms with Gasteiger partial charge in [0.1, 0.15) is 0 Å². The first-order valence-corrected chi connectivity index (χ1v) is 2.92. The minimum atomic E-state index is -1.50. The van der Waals surface area contributed by atoms with Gasteiger partial charge in [-0.15, -0.1) is 0 Å². The van der Waals surface area contributed by atoms with Gasteiger partial charge in [-0.05, 0) is 20.8 Å². The highest BCUT2D eigenvalue weighted by atomic mass is 16.5. The maximum absolute atomic E-state index is 8.08. The largest absolute Gasteiger partial charge is 0.400 e. The molecule has 0 rings (SSSR count). The normalized spacial score (nSPS) is 8.40. The first-order chi connectivity index (χ1) is 4.41. The summed E-state index contributed by atoms with van der Waals surface area (Å²) in [7, 11) is 1.00. The molecule has 0 radical (unpaired) electrons. The summed E-state index contributed by atoms with van der Waals surface area (Å²) in [4.78, 5) is 0. The summed E-state index contributed by atoms with van der Waals surface area (Å²) >= 11 is 0. The van der Waals surface area contributed by atoms with Crippen molar-refractivity contribution in [3.05, 3.63) is 0 Å². The van der Waals surface area contributed by atoms with Gasteiger partial charge in [-0.1, -0.05) is 0 Å². The molecule has 0 fully saturated rings. The van der Waals surface area contributed by atoms with Crippen LogP contribution in [0.3, 0.4) is 0 Å². The van der Waals surface area contributed by atoms with Crippen molar-refractivity contribution in [2.75, 3.05) is 13.7 Å². The number of rotatable bonds is 0. The standard InChI is InChI=1S/C3H8O2.C2H6O.CH4O/c1-3(2,4)5;1-2-3;1-2/h4-5H,1-2H3;3H,2H2,1H3;2H,1H3. The topological polar surface area (TPSA) is 80.9 Å². The zero-order chi connectivity index (χ0) is 9.21. The van der Waals surface area contributed by atoms with E-state index >= 15 is 0 Å². The monoisotopic (exact) mass is 154 g/mol. The Labute approximate surface area is 61.8 Å². The molecule has 0 aromatic carbocycles. The Morgan fingerprint density at radius 1 is 1.10 bits per heavy atom. The van der Waals surface area contributed by atoms with Gasteiger partial charge >= 0.3 is 0 Å². The van der Waals surface area contributed by atoms with Crippen molar-refractivity contribution in [2.45, 2.75) is 26.6 Å². The Kier molecular flexibility index (Phi) is 19.1. The van der Waals surface area contributed by atoms with E-state index < -0.39 is 5.79 Å². The molecule has 0 spiro atoms. The Balaban J connectivity index is -0.0000000847. The highest BCUT2D eigenvalue weighted by molar-refractivity contribution is 4.37. The predicted molar refractivity (Wildman–Crippen MR) is 39.4 cm³/mol. The summed E-state index contributed by atoms with van der Waals surface area (Å²) in [5.41, 5.74) is 0. The quantitative estimate of drug-likeness (QED) is 0.348. The van der Waals surface area contributed by atoms with Crippen LogP contribution in [0.1, 0.15) is 20.8 Å². The van der Waals surface area contributed by atoms with Crippen LogP contribution >= 0.6 is 0 Å². The summed E-state index contributed by atoms with van der Waals surface area (Å²) in [5, 5.41) is 30.7. The second kappa shape index (κ2) is 11.6. The summed E-state index contributed by atoms with van der Waals surface area (Å²) in [6, 6.07) is 0. The molecule has 0 aliphatic heterocycles. The Bertz CT molecular complexity index is 33.5. The van der Waals surface area contributed by atoms with E-state index in [4.69, 9.17) is 20.4 Å². The molecule has 4 nitrogen and oxygen atoms in total. The molecule has 0 atom stereocenters. The summed E-state index contributed by atoms with van der Waals surface area (Å²) in [6.07, 6.45) is 0. The lowest BCUT2D eigenvalue weighted by Crippen LogP contribution is -2.15. The highest BCUT2D eigenvalue weighted by Crippen LogP contribution is 1.88. The van der Waals surface area contributed by atoms with Gasteiger partial charge in [0.05, 0.1) is 0 Å². The molecular weight excluding hydrogens is 136 g/mol. The van der Waals surface area contributed by atoms with Crippen LogP contribution in [0.2, 0.25) is 0 Å². The molecule has 0 aliphatic carbocycles. The van der Waals surface area contributed by atoms with E-state index in [-0.39, 0.29) is 6.61 Å². The van der Waals surface area contributed by atoms with Crippen LogP contribution in [-0.2, 0) is 0 Å². The molecule has 0 aromatic rings. The summed E-state index contributed by atoms with van der Waals surface area (Å²) < 4.78 is 0. The average molecular weight is 154 g/mol. The van der Waals surface area contributed by atoms with Crippen LogP contribution in [0.15, 0.2) is 0 Å². The third kappa shape index (κ3) is 14300. The predicted octanol–water partition coefficient (Wildman–Crippen LogP) is -0.686. The molecule has 10 heavy (non-hydrogen) atoms. The number of aliphatic hydroxyl groups excluding tert-OH is 2. The molecule has 0 saturated carbocycles. The van der Waals surface area contributed by atoms with Crippen molar-refractivity contribution in [1.82, 2.24) is 0 Å². The van der Waals surface area contributed by atoms with E-state index in [1.165, 1.54) is 13.8 Å². The lowest BCUT2D eigenvalue weighted by Gasteiger charge is -2.03. The van der Waals surface area contributed by atoms with Crippen LogP contribution in [0.4, 0.5) is 0 Å². The molecule has 0 aliphatic rings. The van der Waals surface area contributed by atoms with E-state index in [0.29, 0.717) is 0 Å². The Hall–Kier alpha value is -0.160. The number of hydrogen-bond acceptors (Lipinski definition) is 4. The van der Waals surface area contributed by atoms with E-state index in [2.05, 4.69) is 0 Å². The van der Waals surface area contributed by atoms with Gasteiger partial charge in [0.2, 0.25) is 0 Å². The van der Waals surface area contributed by atoms with Crippen molar-refractivity contribution >= 4 is 0 Å². The second-order valence-electron chi connectivity index (χ2n) is 1.81. The molecule has 0 unspecified atom stereocenters. The summed E-state index contributed by atoms with van der Waals surface area (Å²) in [5.74, 6) is -1.50. The fourth-order valence-corrected chi connectivity index (χ4v) is 0. The first kappa shape index (κ1) is 16.4. The minimum Gasteiger partial charge on any atom is -0.400 e. The molecule has 0 aromatic heterocycles. The van der Waals surface area contributed by atoms with Gasteiger partial charge in [-0.3, -0.25) is 0 Å². The van der Waals surface area contributed by atoms with E-state index in [0.717, 1.165) is 7.11 Å². The third-order valence-electron chi connectivity index (χ3n) is 0. The van der Waals surface area contributed by atoms with Gasteiger partial charge in [0, 0.05) is 13.7 Å². The van der Waals surface area contributed by atoms with E-state index in [1.54, 1.807) is 6.92 Å².